The average Bonchev–Trinajstić information content (AvgIpc) is 3.33. The van der Waals surface area contributed by atoms with Crippen molar-refractivity contribution in [2.45, 2.75) is 39.0 Å². The molecule has 30 heavy (non-hydrogen) atoms. The number of anilines is 1. The molecule has 3 aromatic rings. The van der Waals surface area contributed by atoms with Gasteiger partial charge >= 0.3 is 0 Å². The molecule has 2 aliphatic heterocycles. The maximum atomic E-state index is 6.24. The molecular formula is C23H29N5O2. The number of fused-ring (bicyclic) bond motifs is 2. The van der Waals surface area contributed by atoms with Crippen LogP contribution in [0, 0.1) is 12.8 Å². The fourth-order valence-electron chi connectivity index (χ4n) is 4.78. The van der Waals surface area contributed by atoms with E-state index in [4.69, 9.17) is 20.2 Å². The van der Waals surface area contributed by atoms with Gasteiger partial charge in [0.1, 0.15) is 5.82 Å². The fraction of sp³-hybridized carbons (Fsp3) is 0.478. The zero-order valence-corrected chi connectivity index (χ0v) is 17.7. The third-order valence-corrected chi connectivity index (χ3v) is 6.11. The van der Waals surface area contributed by atoms with E-state index in [2.05, 4.69) is 29.1 Å². The van der Waals surface area contributed by atoms with Gasteiger partial charge in [-0.25, -0.2) is 4.98 Å². The van der Waals surface area contributed by atoms with Crippen LogP contribution in [0.2, 0.25) is 0 Å². The molecule has 2 aliphatic rings. The smallest absolute Gasteiger partial charge is 0.231 e. The molecule has 1 aromatic carbocycles. The largest absolute Gasteiger partial charge is 0.454 e. The van der Waals surface area contributed by atoms with Crippen molar-refractivity contribution in [3.63, 3.8) is 0 Å². The fourth-order valence-corrected chi connectivity index (χ4v) is 4.78. The van der Waals surface area contributed by atoms with Crippen molar-refractivity contribution in [2.24, 2.45) is 5.92 Å². The summed E-state index contributed by atoms with van der Waals surface area (Å²) in [4.78, 5) is 7.44. The summed E-state index contributed by atoms with van der Waals surface area (Å²) in [6, 6.07) is 10.3. The topological polar surface area (TPSA) is 77.9 Å². The van der Waals surface area contributed by atoms with Crippen LogP contribution in [0.5, 0.6) is 11.5 Å². The van der Waals surface area contributed by atoms with Gasteiger partial charge < -0.3 is 20.1 Å². The number of hydrogen-bond donors (Lipinski definition) is 1. The lowest BCUT2D eigenvalue weighted by atomic mass is 9.92. The summed E-state index contributed by atoms with van der Waals surface area (Å²) in [7, 11) is 0. The summed E-state index contributed by atoms with van der Waals surface area (Å²) in [5, 5.41) is 4.42. The zero-order valence-electron chi connectivity index (χ0n) is 17.7. The van der Waals surface area contributed by atoms with E-state index in [0.29, 0.717) is 24.4 Å². The predicted octanol–water partition coefficient (Wildman–Crippen LogP) is 3.41. The number of rotatable bonds is 5. The lowest BCUT2D eigenvalue weighted by Gasteiger charge is -2.34. The van der Waals surface area contributed by atoms with E-state index in [9.17, 15) is 0 Å². The lowest BCUT2D eigenvalue weighted by Crippen LogP contribution is -2.38. The highest BCUT2D eigenvalue weighted by Gasteiger charge is 2.25. The Kier molecular flexibility index (Phi) is 4.98. The Morgan fingerprint density at radius 1 is 1.20 bits per heavy atom. The first-order valence-electron chi connectivity index (χ1n) is 10.8. The van der Waals surface area contributed by atoms with Gasteiger partial charge in [0, 0.05) is 31.1 Å². The van der Waals surface area contributed by atoms with Crippen molar-refractivity contribution in [3.8, 4) is 11.5 Å². The molecule has 0 aliphatic carbocycles. The Morgan fingerprint density at radius 3 is 2.97 bits per heavy atom. The SMILES string of the molecule is Cc1cc2nc(C3CCCN(CC(C)Cc4ccc5c(c4)OCO5)C3)cc(N)n2n1. The highest BCUT2D eigenvalue weighted by atomic mass is 16.7. The quantitative estimate of drug-likeness (QED) is 0.698. The number of nitrogens with zero attached hydrogens (tertiary/aromatic N) is 4. The number of ether oxygens (including phenoxy) is 2. The molecule has 0 saturated carbocycles. The number of nitrogen functional groups attached to an aromatic ring is 1. The van der Waals surface area contributed by atoms with Crippen molar-refractivity contribution in [3.05, 3.63) is 47.3 Å². The molecule has 7 nitrogen and oxygen atoms in total. The lowest BCUT2D eigenvalue weighted by molar-refractivity contribution is 0.174. The number of benzene rings is 1. The standard InChI is InChI=1S/C23H29N5O2/c1-15(8-17-5-6-20-21(10-17)30-14-29-20)12-27-7-3-4-18(13-27)19-11-22(24)28-23(25-19)9-16(2)26-28/h5-6,9-11,15,18H,3-4,7-8,12-14,24H2,1-2H3. The molecule has 0 amide bonds. The summed E-state index contributed by atoms with van der Waals surface area (Å²) in [6.45, 7) is 7.87. The van der Waals surface area contributed by atoms with Crippen LogP contribution < -0.4 is 15.2 Å². The van der Waals surface area contributed by atoms with Crippen LogP contribution in [0.4, 0.5) is 5.82 Å². The van der Waals surface area contributed by atoms with Crippen LogP contribution >= 0.6 is 0 Å². The van der Waals surface area contributed by atoms with Crippen molar-refractivity contribution in [1.82, 2.24) is 19.5 Å². The molecule has 5 rings (SSSR count). The molecule has 0 spiro atoms. The molecule has 2 atom stereocenters. The second-order valence-electron chi connectivity index (χ2n) is 8.76. The van der Waals surface area contributed by atoms with E-state index in [1.807, 2.05) is 25.1 Å². The average molecular weight is 408 g/mol. The number of aryl methyl sites for hydroxylation is 1. The van der Waals surface area contributed by atoms with Crippen LogP contribution in [0.15, 0.2) is 30.3 Å². The van der Waals surface area contributed by atoms with Gasteiger partial charge in [-0.3, -0.25) is 0 Å². The summed E-state index contributed by atoms with van der Waals surface area (Å²) >= 11 is 0. The van der Waals surface area contributed by atoms with E-state index in [1.54, 1.807) is 4.52 Å². The summed E-state index contributed by atoms with van der Waals surface area (Å²) in [5.41, 5.74) is 10.4. The monoisotopic (exact) mass is 407 g/mol. The van der Waals surface area contributed by atoms with Gasteiger partial charge in [-0.05, 0) is 56.3 Å². The number of hydrogen-bond acceptors (Lipinski definition) is 6. The number of aromatic nitrogens is 3. The molecule has 158 valence electrons. The molecule has 4 heterocycles. The maximum absolute atomic E-state index is 6.24. The molecule has 0 radical (unpaired) electrons. The first-order chi connectivity index (χ1) is 14.5. The van der Waals surface area contributed by atoms with Gasteiger partial charge in [-0.1, -0.05) is 13.0 Å². The van der Waals surface area contributed by atoms with E-state index < -0.39 is 0 Å². The Bertz CT molecular complexity index is 1060. The van der Waals surface area contributed by atoms with E-state index in [1.165, 1.54) is 12.0 Å². The minimum atomic E-state index is 0.326. The van der Waals surface area contributed by atoms with E-state index in [-0.39, 0.29) is 0 Å². The summed E-state index contributed by atoms with van der Waals surface area (Å²) < 4.78 is 12.7. The van der Waals surface area contributed by atoms with Gasteiger partial charge in [-0.15, -0.1) is 0 Å². The Hall–Kier alpha value is -2.80. The normalized spacial score (nSPS) is 20.0. The first kappa shape index (κ1) is 19.2. The van der Waals surface area contributed by atoms with Crippen molar-refractivity contribution in [1.29, 1.82) is 0 Å². The van der Waals surface area contributed by atoms with E-state index >= 15 is 0 Å². The minimum absolute atomic E-state index is 0.326. The van der Waals surface area contributed by atoms with Gasteiger partial charge in [-0.2, -0.15) is 9.61 Å². The van der Waals surface area contributed by atoms with Crippen LogP contribution in [0.1, 0.15) is 42.6 Å². The number of piperidine rings is 1. The molecule has 7 heteroatoms. The van der Waals surface area contributed by atoms with Gasteiger partial charge in [0.05, 0.1) is 11.4 Å². The van der Waals surface area contributed by atoms with Crippen molar-refractivity contribution >= 4 is 11.5 Å². The van der Waals surface area contributed by atoms with Crippen molar-refractivity contribution in [2.75, 3.05) is 32.2 Å². The molecule has 1 saturated heterocycles. The first-order valence-corrected chi connectivity index (χ1v) is 10.8. The van der Waals surface area contributed by atoms with Gasteiger partial charge in [0.25, 0.3) is 0 Å². The molecule has 1 fully saturated rings. The van der Waals surface area contributed by atoms with Crippen LogP contribution in [-0.2, 0) is 6.42 Å². The molecule has 2 N–H and O–H groups in total. The maximum Gasteiger partial charge on any atom is 0.231 e. The third-order valence-electron chi connectivity index (χ3n) is 6.11. The molecule has 2 unspecified atom stereocenters. The predicted molar refractivity (Wildman–Crippen MR) is 116 cm³/mol. The Morgan fingerprint density at radius 2 is 2.07 bits per heavy atom. The Balaban J connectivity index is 1.24. The second-order valence-corrected chi connectivity index (χ2v) is 8.76. The summed E-state index contributed by atoms with van der Waals surface area (Å²) in [6.07, 6.45) is 3.37. The second kappa shape index (κ2) is 7.80. The van der Waals surface area contributed by atoms with Crippen LogP contribution in [-0.4, -0.2) is 45.9 Å². The molecular weight excluding hydrogens is 378 g/mol. The number of nitrogens with two attached hydrogens (primary N) is 1. The van der Waals surface area contributed by atoms with Gasteiger partial charge in [0.15, 0.2) is 17.1 Å². The molecule has 0 bridgehead atoms. The highest BCUT2D eigenvalue weighted by Crippen LogP contribution is 2.33. The third kappa shape index (κ3) is 3.81. The van der Waals surface area contributed by atoms with Gasteiger partial charge in [0.2, 0.25) is 6.79 Å². The zero-order chi connectivity index (χ0) is 20.7. The summed E-state index contributed by atoms with van der Waals surface area (Å²) in [5.74, 6) is 3.35. The Labute approximate surface area is 176 Å². The van der Waals surface area contributed by atoms with Crippen LogP contribution in [0.25, 0.3) is 5.65 Å². The number of likely N-dealkylation sites (tertiary alicyclic amines) is 1. The molecule has 2 aromatic heterocycles. The van der Waals surface area contributed by atoms with Crippen molar-refractivity contribution < 1.29 is 9.47 Å². The van der Waals surface area contributed by atoms with E-state index in [0.717, 1.165) is 61.0 Å². The van der Waals surface area contributed by atoms with Crippen LogP contribution in [0.3, 0.4) is 0 Å². The highest BCUT2D eigenvalue weighted by molar-refractivity contribution is 5.49. The minimum Gasteiger partial charge on any atom is -0.454 e.